The minimum absolute atomic E-state index is 0.00756. The standard InChI is InChI=1S/C20H17N3O4/c1-14(16-5-3-2-4-6-16)18-11-12-19(27-18)20(24)22-21-13-15-7-9-17(10-8-15)23(25)26/h2-14H,1H3,(H,22,24). The molecular formula is C20H17N3O4. The number of nitro benzene ring substituents is 1. The van der Waals surface area contributed by atoms with Gasteiger partial charge in [-0.25, -0.2) is 5.43 Å². The van der Waals surface area contributed by atoms with Gasteiger partial charge in [-0.2, -0.15) is 5.10 Å². The molecule has 0 aliphatic rings. The molecule has 0 saturated heterocycles. The summed E-state index contributed by atoms with van der Waals surface area (Å²) < 4.78 is 5.65. The number of furan rings is 1. The summed E-state index contributed by atoms with van der Waals surface area (Å²) in [5, 5.41) is 14.5. The Kier molecular flexibility index (Phi) is 5.41. The molecule has 0 radical (unpaired) electrons. The van der Waals surface area contributed by atoms with Crippen LogP contribution in [0.2, 0.25) is 0 Å². The molecule has 0 spiro atoms. The van der Waals surface area contributed by atoms with E-state index in [2.05, 4.69) is 10.5 Å². The molecule has 1 amide bonds. The molecule has 0 saturated carbocycles. The van der Waals surface area contributed by atoms with Gasteiger partial charge in [0.15, 0.2) is 5.76 Å². The predicted octanol–water partition coefficient (Wildman–Crippen LogP) is 4.10. The number of carbonyl (C=O) groups is 1. The van der Waals surface area contributed by atoms with Crippen molar-refractivity contribution >= 4 is 17.8 Å². The van der Waals surface area contributed by atoms with Crippen molar-refractivity contribution in [2.75, 3.05) is 0 Å². The van der Waals surface area contributed by atoms with E-state index < -0.39 is 10.8 Å². The van der Waals surface area contributed by atoms with Crippen LogP contribution < -0.4 is 5.43 Å². The van der Waals surface area contributed by atoms with E-state index in [9.17, 15) is 14.9 Å². The van der Waals surface area contributed by atoms with Gasteiger partial charge >= 0.3 is 5.91 Å². The number of rotatable bonds is 6. The van der Waals surface area contributed by atoms with Gasteiger partial charge in [0.05, 0.1) is 11.1 Å². The van der Waals surface area contributed by atoms with Gasteiger partial charge in [0.1, 0.15) is 5.76 Å². The molecule has 2 aromatic carbocycles. The van der Waals surface area contributed by atoms with E-state index in [1.54, 1.807) is 24.3 Å². The Morgan fingerprint density at radius 1 is 1.11 bits per heavy atom. The molecule has 3 rings (SSSR count). The van der Waals surface area contributed by atoms with Gasteiger partial charge in [-0.1, -0.05) is 37.3 Å². The summed E-state index contributed by atoms with van der Waals surface area (Å²) >= 11 is 0. The van der Waals surface area contributed by atoms with E-state index in [0.717, 1.165) is 5.56 Å². The maximum Gasteiger partial charge on any atom is 0.307 e. The monoisotopic (exact) mass is 363 g/mol. The first kappa shape index (κ1) is 18.1. The van der Waals surface area contributed by atoms with Crippen LogP contribution in [0.5, 0.6) is 0 Å². The Morgan fingerprint density at radius 2 is 1.81 bits per heavy atom. The second-order valence-corrected chi connectivity index (χ2v) is 5.88. The molecule has 136 valence electrons. The number of hydrogen-bond acceptors (Lipinski definition) is 5. The van der Waals surface area contributed by atoms with E-state index in [-0.39, 0.29) is 17.4 Å². The Bertz CT molecular complexity index is 962. The van der Waals surface area contributed by atoms with E-state index in [0.29, 0.717) is 11.3 Å². The van der Waals surface area contributed by atoms with Crippen LogP contribution in [0.1, 0.15) is 40.3 Å². The Labute approximate surface area is 155 Å². The number of benzene rings is 2. The minimum Gasteiger partial charge on any atom is -0.455 e. The first-order chi connectivity index (χ1) is 13.0. The average Bonchev–Trinajstić information content (AvgIpc) is 3.19. The lowest BCUT2D eigenvalue weighted by molar-refractivity contribution is -0.384. The van der Waals surface area contributed by atoms with Gasteiger partial charge in [-0.3, -0.25) is 14.9 Å². The van der Waals surface area contributed by atoms with Crippen LogP contribution in [0, 0.1) is 10.1 Å². The summed E-state index contributed by atoms with van der Waals surface area (Å²) in [5.41, 5.74) is 4.09. The second kappa shape index (κ2) is 8.09. The van der Waals surface area contributed by atoms with Crippen molar-refractivity contribution in [3.8, 4) is 0 Å². The van der Waals surface area contributed by atoms with Crippen LogP contribution in [0.25, 0.3) is 0 Å². The largest absolute Gasteiger partial charge is 0.455 e. The van der Waals surface area contributed by atoms with E-state index in [1.165, 1.54) is 18.3 Å². The third-order valence-electron chi connectivity index (χ3n) is 4.06. The van der Waals surface area contributed by atoms with Crippen LogP contribution in [-0.4, -0.2) is 17.0 Å². The van der Waals surface area contributed by atoms with E-state index in [1.807, 2.05) is 37.3 Å². The molecule has 1 unspecified atom stereocenters. The van der Waals surface area contributed by atoms with Gasteiger partial charge in [0, 0.05) is 18.1 Å². The van der Waals surface area contributed by atoms with Crippen molar-refractivity contribution in [3.63, 3.8) is 0 Å². The van der Waals surface area contributed by atoms with Gasteiger partial charge in [-0.15, -0.1) is 0 Å². The molecule has 0 aliphatic carbocycles. The normalized spacial score (nSPS) is 12.0. The third kappa shape index (κ3) is 4.46. The fourth-order valence-electron chi connectivity index (χ4n) is 2.52. The molecule has 0 aliphatic heterocycles. The van der Waals surface area contributed by atoms with Crippen LogP contribution in [0.15, 0.2) is 76.2 Å². The topological polar surface area (TPSA) is 97.7 Å². The van der Waals surface area contributed by atoms with Crippen molar-refractivity contribution in [1.29, 1.82) is 0 Å². The second-order valence-electron chi connectivity index (χ2n) is 5.88. The predicted molar refractivity (Wildman–Crippen MR) is 101 cm³/mol. The SMILES string of the molecule is CC(c1ccccc1)c1ccc(C(=O)NN=Cc2ccc([N+](=O)[O-])cc2)o1. The highest BCUT2D eigenvalue weighted by Gasteiger charge is 2.16. The first-order valence-corrected chi connectivity index (χ1v) is 8.27. The molecule has 1 atom stereocenters. The average molecular weight is 363 g/mol. The Morgan fingerprint density at radius 3 is 2.48 bits per heavy atom. The van der Waals surface area contributed by atoms with Crippen LogP contribution in [-0.2, 0) is 0 Å². The van der Waals surface area contributed by atoms with Crippen LogP contribution >= 0.6 is 0 Å². The van der Waals surface area contributed by atoms with Gasteiger partial charge in [0.25, 0.3) is 5.69 Å². The van der Waals surface area contributed by atoms with E-state index >= 15 is 0 Å². The van der Waals surface area contributed by atoms with Crippen LogP contribution in [0.3, 0.4) is 0 Å². The molecule has 27 heavy (non-hydrogen) atoms. The van der Waals surface area contributed by atoms with Gasteiger partial charge < -0.3 is 4.42 Å². The molecule has 0 bridgehead atoms. The Balaban J connectivity index is 1.61. The number of hydrogen-bond donors (Lipinski definition) is 1. The van der Waals surface area contributed by atoms with E-state index in [4.69, 9.17) is 4.42 Å². The molecule has 7 heteroatoms. The maximum atomic E-state index is 12.1. The summed E-state index contributed by atoms with van der Waals surface area (Å²) in [4.78, 5) is 22.3. The molecule has 7 nitrogen and oxygen atoms in total. The lowest BCUT2D eigenvalue weighted by Crippen LogP contribution is -2.16. The fraction of sp³-hybridized carbons (Fsp3) is 0.100. The van der Waals surface area contributed by atoms with Crippen molar-refractivity contribution in [2.24, 2.45) is 5.10 Å². The number of hydrazone groups is 1. The zero-order chi connectivity index (χ0) is 19.2. The van der Waals surface area contributed by atoms with Crippen molar-refractivity contribution in [1.82, 2.24) is 5.43 Å². The number of carbonyl (C=O) groups excluding carboxylic acids is 1. The maximum absolute atomic E-state index is 12.1. The highest BCUT2D eigenvalue weighted by molar-refractivity contribution is 5.92. The van der Waals surface area contributed by atoms with Crippen LogP contribution in [0.4, 0.5) is 5.69 Å². The summed E-state index contributed by atoms with van der Waals surface area (Å²) in [7, 11) is 0. The minimum atomic E-state index is -0.479. The smallest absolute Gasteiger partial charge is 0.307 e. The zero-order valence-corrected chi connectivity index (χ0v) is 14.5. The number of nitrogens with zero attached hydrogens (tertiary/aromatic N) is 2. The highest BCUT2D eigenvalue weighted by atomic mass is 16.6. The lowest BCUT2D eigenvalue weighted by Gasteiger charge is -2.08. The van der Waals surface area contributed by atoms with Gasteiger partial charge in [-0.05, 0) is 35.4 Å². The summed E-state index contributed by atoms with van der Waals surface area (Å²) in [5.74, 6) is 0.398. The van der Waals surface area contributed by atoms with Crippen molar-refractivity contribution in [2.45, 2.75) is 12.8 Å². The zero-order valence-electron chi connectivity index (χ0n) is 14.5. The summed E-state index contributed by atoms with van der Waals surface area (Å²) in [6.07, 6.45) is 1.40. The highest BCUT2D eigenvalue weighted by Crippen LogP contribution is 2.25. The third-order valence-corrected chi connectivity index (χ3v) is 4.06. The molecule has 3 aromatic rings. The number of nitro groups is 1. The molecule has 1 heterocycles. The fourth-order valence-corrected chi connectivity index (χ4v) is 2.52. The molecular weight excluding hydrogens is 346 g/mol. The lowest BCUT2D eigenvalue weighted by atomic mass is 9.99. The summed E-state index contributed by atoms with van der Waals surface area (Å²) in [6.45, 7) is 2.00. The summed E-state index contributed by atoms with van der Waals surface area (Å²) in [6, 6.07) is 19.0. The first-order valence-electron chi connectivity index (χ1n) is 8.27. The number of amides is 1. The van der Waals surface area contributed by atoms with Crippen molar-refractivity contribution < 1.29 is 14.1 Å². The Hall–Kier alpha value is -3.74. The van der Waals surface area contributed by atoms with Gasteiger partial charge in [0.2, 0.25) is 0 Å². The number of nitrogens with one attached hydrogen (secondary N) is 1. The quantitative estimate of drug-likeness (QED) is 0.405. The molecule has 0 fully saturated rings. The van der Waals surface area contributed by atoms with Crippen molar-refractivity contribution in [3.05, 3.63) is 99.5 Å². The number of non-ortho nitro benzene ring substituents is 1. The molecule has 1 N–H and O–H groups in total. The molecule has 1 aromatic heterocycles.